The molecule has 1 aromatic rings. The van der Waals surface area contributed by atoms with Crippen LogP contribution in [0.3, 0.4) is 0 Å². The third kappa shape index (κ3) is 9.06. The van der Waals surface area contributed by atoms with Crippen LogP contribution < -0.4 is 10.6 Å². The maximum Gasteiger partial charge on any atom is 0.243 e. The molecule has 0 saturated carbocycles. The van der Waals surface area contributed by atoms with Crippen molar-refractivity contribution >= 4 is 18.2 Å². The van der Waals surface area contributed by atoms with Crippen molar-refractivity contribution in [1.82, 2.24) is 15.7 Å². The Labute approximate surface area is 185 Å². The van der Waals surface area contributed by atoms with Crippen LogP contribution in [0.1, 0.15) is 46.1 Å². The molecule has 0 bridgehead atoms. The summed E-state index contributed by atoms with van der Waals surface area (Å²) in [5.41, 5.74) is 0.615. The molecule has 1 rings (SSSR count). The molecule has 3 amide bonds. The SMILES string of the molecule is COCCNC(=O)[C@@H](NC(=O)[C@H](CCCc1ccccc1)[C@H](C)N(O)C=O)C(C)(C)C. The first-order valence-electron chi connectivity index (χ1n) is 10.6. The monoisotopic (exact) mass is 435 g/mol. The second-order valence-corrected chi connectivity index (χ2v) is 8.80. The largest absolute Gasteiger partial charge is 0.383 e. The first-order valence-corrected chi connectivity index (χ1v) is 10.6. The number of aryl methyl sites for hydroxylation is 1. The molecule has 0 aliphatic carbocycles. The van der Waals surface area contributed by atoms with Crippen LogP contribution in [0.2, 0.25) is 0 Å². The minimum absolute atomic E-state index is 0.293. The first-order chi connectivity index (χ1) is 14.6. The van der Waals surface area contributed by atoms with E-state index in [1.54, 1.807) is 14.0 Å². The summed E-state index contributed by atoms with van der Waals surface area (Å²) in [6, 6.07) is 8.39. The van der Waals surface area contributed by atoms with Crippen LogP contribution in [0.25, 0.3) is 0 Å². The minimum atomic E-state index is -0.774. The van der Waals surface area contributed by atoms with Gasteiger partial charge in [0, 0.05) is 13.7 Å². The Kier molecular flexibility index (Phi) is 11.2. The fourth-order valence-electron chi connectivity index (χ4n) is 3.35. The molecule has 0 spiro atoms. The number of hydroxylamine groups is 2. The highest BCUT2D eigenvalue weighted by Gasteiger charge is 2.36. The molecule has 0 aliphatic rings. The number of ether oxygens (including phenoxy) is 1. The van der Waals surface area contributed by atoms with Crippen LogP contribution in [-0.2, 0) is 25.5 Å². The fraction of sp³-hybridized carbons (Fsp3) is 0.609. The van der Waals surface area contributed by atoms with Crippen LogP contribution >= 0.6 is 0 Å². The summed E-state index contributed by atoms with van der Waals surface area (Å²) in [6.07, 6.45) is 2.21. The molecule has 0 saturated heterocycles. The number of nitrogens with one attached hydrogen (secondary N) is 2. The summed E-state index contributed by atoms with van der Waals surface area (Å²) in [7, 11) is 1.55. The van der Waals surface area contributed by atoms with Crippen molar-refractivity contribution in [2.45, 2.75) is 59.0 Å². The highest BCUT2D eigenvalue weighted by molar-refractivity contribution is 5.89. The highest BCUT2D eigenvalue weighted by Crippen LogP contribution is 2.23. The average molecular weight is 436 g/mol. The molecule has 0 fully saturated rings. The molecule has 0 unspecified atom stereocenters. The Hall–Kier alpha value is -2.45. The van der Waals surface area contributed by atoms with Crippen molar-refractivity contribution < 1.29 is 24.3 Å². The summed E-state index contributed by atoms with van der Waals surface area (Å²) >= 11 is 0. The normalized spacial score (nSPS) is 14.3. The van der Waals surface area contributed by atoms with Crippen molar-refractivity contribution in [2.24, 2.45) is 11.3 Å². The van der Waals surface area contributed by atoms with Gasteiger partial charge in [0.2, 0.25) is 18.2 Å². The quantitative estimate of drug-likeness (QED) is 0.190. The number of carbonyl (C=O) groups is 3. The first kappa shape index (κ1) is 26.6. The van der Waals surface area contributed by atoms with Gasteiger partial charge in [-0.1, -0.05) is 51.1 Å². The molecule has 0 aliphatic heterocycles. The van der Waals surface area contributed by atoms with Gasteiger partial charge in [0.1, 0.15) is 6.04 Å². The number of nitrogens with zero attached hydrogens (tertiary/aromatic N) is 1. The number of rotatable bonds is 13. The molecule has 3 atom stereocenters. The van der Waals surface area contributed by atoms with E-state index < -0.39 is 23.4 Å². The zero-order chi connectivity index (χ0) is 23.4. The van der Waals surface area contributed by atoms with Crippen LogP contribution in [0.15, 0.2) is 30.3 Å². The van der Waals surface area contributed by atoms with Gasteiger partial charge in [0.05, 0.1) is 18.6 Å². The molecule has 0 aromatic heterocycles. The summed E-state index contributed by atoms with van der Waals surface area (Å²) in [5.74, 6) is -1.34. The molecule has 0 heterocycles. The summed E-state index contributed by atoms with van der Waals surface area (Å²) in [6.45, 7) is 7.92. The van der Waals surface area contributed by atoms with E-state index in [1.807, 2.05) is 51.1 Å². The van der Waals surface area contributed by atoms with Gasteiger partial charge in [-0.2, -0.15) is 0 Å². The number of amides is 3. The summed E-state index contributed by atoms with van der Waals surface area (Å²) in [5, 5.41) is 16.0. The maximum absolute atomic E-state index is 13.2. The van der Waals surface area contributed by atoms with Crippen LogP contribution in [0.4, 0.5) is 0 Å². The third-order valence-corrected chi connectivity index (χ3v) is 5.29. The van der Waals surface area contributed by atoms with Gasteiger partial charge in [-0.15, -0.1) is 0 Å². The van der Waals surface area contributed by atoms with Gasteiger partial charge in [0.15, 0.2) is 0 Å². The predicted molar refractivity (Wildman–Crippen MR) is 118 cm³/mol. The lowest BCUT2D eigenvalue weighted by Gasteiger charge is -2.33. The fourth-order valence-corrected chi connectivity index (χ4v) is 3.35. The van der Waals surface area contributed by atoms with Crippen LogP contribution in [0, 0.1) is 11.3 Å². The third-order valence-electron chi connectivity index (χ3n) is 5.29. The van der Waals surface area contributed by atoms with Crippen LogP contribution in [0.5, 0.6) is 0 Å². The molecule has 1 aromatic carbocycles. The number of hydrogen-bond donors (Lipinski definition) is 3. The van der Waals surface area contributed by atoms with Gasteiger partial charge >= 0.3 is 0 Å². The molecule has 0 radical (unpaired) electrons. The summed E-state index contributed by atoms with van der Waals surface area (Å²) in [4.78, 5) is 36.9. The predicted octanol–water partition coefficient (Wildman–Crippen LogP) is 2.16. The molecular weight excluding hydrogens is 398 g/mol. The van der Waals surface area contributed by atoms with E-state index in [0.717, 1.165) is 12.0 Å². The van der Waals surface area contributed by atoms with Crippen molar-refractivity contribution in [1.29, 1.82) is 0 Å². The zero-order valence-corrected chi connectivity index (χ0v) is 19.3. The highest BCUT2D eigenvalue weighted by atomic mass is 16.5. The van der Waals surface area contributed by atoms with Gasteiger partial charge in [0.25, 0.3) is 0 Å². The minimum Gasteiger partial charge on any atom is -0.383 e. The number of hydrogen-bond acceptors (Lipinski definition) is 5. The van der Waals surface area contributed by atoms with E-state index in [9.17, 15) is 19.6 Å². The van der Waals surface area contributed by atoms with Gasteiger partial charge in [-0.05, 0) is 37.2 Å². The Balaban J connectivity index is 2.91. The smallest absolute Gasteiger partial charge is 0.243 e. The van der Waals surface area contributed by atoms with E-state index in [4.69, 9.17) is 4.74 Å². The Morgan fingerprint density at radius 3 is 2.39 bits per heavy atom. The maximum atomic E-state index is 13.2. The second-order valence-electron chi connectivity index (χ2n) is 8.80. The summed E-state index contributed by atoms with van der Waals surface area (Å²) < 4.78 is 4.96. The standard InChI is InChI=1S/C23H37N3O5/c1-17(26(30)16-27)19(13-9-12-18-10-7-6-8-11-18)21(28)25-20(23(2,3)4)22(29)24-14-15-31-5/h6-8,10-11,16-17,19-20,30H,9,12-15H2,1-5H3,(H,24,29)(H,25,28)/t17-,19+,20+/m0/s1. The lowest BCUT2D eigenvalue weighted by Crippen LogP contribution is -2.56. The van der Waals surface area contributed by atoms with Gasteiger partial charge < -0.3 is 15.4 Å². The topological polar surface area (TPSA) is 108 Å². The lowest BCUT2D eigenvalue weighted by molar-refractivity contribution is -0.166. The molecule has 8 nitrogen and oxygen atoms in total. The van der Waals surface area contributed by atoms with Crippen molar-refractivity contribution in [3.8, 4) is 0 Å². The van der Waals surface area contributed by atoms with Crippen molar-refractivity contribution in [3.63, 3.8) is 0 Å². The van der Waals surface area contributed by atoms with Gasteiger partial charge in [-0.3, -0.25) is 19.6 Å². The molecular formula is C23H37N3O5. The molecule has 174 valence electrons. The van der Waals surface area contributed by atoms with E-state index in [0.29, 0.717) is 37.5 Å². The Morgan fingerprint density at radius 2 is 1.84 bits per heavy atom. The van der Waals surface area contributed by atoms with E-state index in [-0.39, 0.29) is 11.8 Å². The average Bonchev–Trinajstić information content (AvgIpc) is 2.73. The van der Waals surface area contributed by atoms with Crippen molar-refractivity contribution in [3.05, 3.63) is 35.9 Å². The zero-order valence-electron chi connectivity index (χ0n) is 19.3. The Morgan fingerprint density at radius 1 is 1.19 bits per heavy atom. The molecule has 31 heavy (non-hydrogen) atoms. The number of benzene rings is 1. The molecule has 3 N–H and O–H groups in total. The lowest BCUT2D eigenvalue weighted by atomic mass is 9.84. The molecule has 8 heteroatoms. The number of methoxy groups -OCH3 is 1. The number of carbonyl (C=O) groups excluding carboxylic acids is 3. The van der Waals surface area contributed by atoms with E-state index in [1.165, 1.54) is 0 Å². The Bertz CT molecular complexity index is 690. The van der Waals surface area contributed by atoms with Crippen LogP contribution in [-0.4, -0.2) is 60.8 Å². The van der Waals surface area contributed by atoms with Crippen molar-refractivity contribution in [2.75, 3.05) is 20.3 Å². The van der Waals surface area contributed by atoms with E-state index >= 15 is 0 Å². The van der Waals surface area contributed by atoms with Gasteiger partial charge in [-0.25, -0.2) is 5.06 Å². The second kappa shape index (κ2) is 13.1. The van der Waals surface area contributed by atoms with E-state index in [2.05, 4.69) is 10.6 Å².